The molecule has 0 saturated heterocycles. The van der Waals surface area contributed by atoms with Crippen molar-refractivity contribution >= 4 is 11.8 Å². The minimum Gasteiger partial charge on any atom is -0.126 e. The first kappa shape index (κ1) is 9.85. The van der Waals surface area contributed by atoms with Crippen molar-refractivity contribution in [1.82, 2.24) is 0 Å². The molecule has 2 aliphatic rings. The van der Waals surface area contributed by atoms with Crippen LogP contribution in [0.15, 0.2) is 46.9 Å². The smallest absolute Gasteiger partial charge is 0.0104 e. The van der Waals surface area contributed by atoms with Crippen LogP contribution in [0.2, 0.25) is 0 Å². The fraction of sp³-hybridized carbons (Fsp3) is 0.385. The molecule has 0 nitrogen and oxygen atoms in total. The summed E-state index contributed by atoms with van der Waals surface area (Å²) in [7, 11) is 0. The second kappa shape index (κ2) is 5.26. The van der Waals surface area contributed by atoms with E-state index in [2.05, 4.69) is 36.5 Å². The lowest BCUT2D eigenvalue weighted by atomic mass is 10.1. The lowest BCUT2D eigenvalue weighted by Gasteiger charge is -2.08. The number of thioether (sulfide) groups is 1. The summed E-state index contributed by atoms with van der Waals surface area (Å²) in [4.78, 5) is 1.48. The maximum atomic E-state index is 2.28. The van der Waals surface area contributed by atoms with Crippen molar-refractivity contribution in [3.8, 4) is 0 Å². The summed E-state index contributed by atoms with van der Waals surface area (Å²) in [5.41, 5.74) is 1.52. The molecule has 0 N–H and O–H groups in total. The molecule has 1 heteroatoms. The van der Waals surface area contributed by atoms with Gasteiger partial charge in [0, 0.05) is 10.7 Å². The van der Waals surface area contributed by atoms with Gasteiger partial charge in [-0.15, -0.1) is 11.8 Å². The van der Waals surface area contributed by atoms with Crippen molar-refractivity contribution < 1.29 is 0 Å². The Balaban J connectivity index is 2.12. The third-order valence-corrected chi connectivity index (χ3v) is 3.64. The van der Waals surface area contributed by atoms with Gasteiger partial charge in [-0.25, -0.2) is 0 Å². The molecule has 0 bridgehead atoms. The Morgan fingerprint density at radius 3 is 2.86 bits per heavy atom. The molecule has 0 saturated carbocycles. The summed E-state index contributed by atoms with van der Waals surface area (Å²) in [6.45, 7) is 0. The van der Waals surface area contributed by atoms with Crippen LogP contribution in [0, 0.1) is 0 Å². The summed E-state index contributed by atoms with van der Waals surface area (Å²) in [5, 5.41) is 0. The van der Waals surface area contributed by atoms with Crippen molar-refractivity contribution in [2.75, 3.05) is 5.75 Å². The highest BCUT2D eigenvalue weighted by Crippen LogP contribution is 2.31. The van der Waals surface area contributed by atoms with Gasteiger partial charge in [-0.05, 0) is 37.3 Å². The normalized spacial score (nSPS) is 22.3. The average Bonchev–Trinajstić information content (AvgIpc) is 2.62. The van der Waals surface area contributed by atoms with Gasteiger partial charge >= 0.3 is 0 Å². The molecule has 0 aromatic heterocycles. The van der Waals surface area contributed by atoms with Gasteiger partial charge < -0.3 is 0 Å². The Bertz CT molecular complexity index is 273. The zero-order valence-electron chi connectivity index (χ0n) is 8.41. The molecule has 0 atom stereocenters. The molecule has 0 aromatic carbocycles. The molecule has 74 valence electrons. The van der Waals surface area contributed by atoms with Gasteiger partial charge in [0.05, 0.1) is 0 Å². The maximum Gasteiger partial charge on any atom is 0.0104 e. The van der Waals surface area contributed by atoms with Gasteiger partial charge in [0.1, 0.15) is 0 Å². The molecule has 0 amide bonds. The Morgan fingerprint density at radius 2 is 1.86 bits per heavy atom. The Kier molecular flexibility index (Phi) is 3.70. The van der Waals surface area contributed by atoms with E-state index in [0.717, 1.165) is 0 Å². The standard InChI is InChI=1S/C13H16S/c1-2-5-9-12(8-4-1)13-10-6-3-7-11-14-13/h1,3-4,6,8,10H,2,5,7,9,11H2. The minimum atomic E-state index is 1.20. The average molecular weight is 204 g/mol. The van der Waals surface area contributed by atoms with Crippen LogP contribution in [0.25, 0.3) is 0 Å². The molecular formula is C13H16S. The van der Waals surface area contributed by atoms with Crippen molar-refractivity contribution in [2.45, 2.75) is 25.7 Å². The van der Waals surface area contributed by atoms with Gasteiger partial charge in [0.2, 0.25) is 0 Å². The molecule has 0 spiro atoms. The molecule has 1 aliphatic carbocycles. The first-order valence-electron chi connectivity index (χ1n) is 5.32. The van der Waals surface area contributed by atoms with E-state index in [0.29, 0.717) is 0 Å². The largest absolute Gasteiger partial charge is 0.126 e. The summed E-state index contributed by atoms with van der Waals surface area (Å²) in [6.07, 6.45) is 18.4. The van der Waals surface area contributed by atoms with Crippen LogP contribution in [-0.4, -0.2) is 5.75 Å². The van der Waals surface area contributed by atoms with Crippen LogP contribution in [0.3, 0.4) is 0 Å². The van der Waals surface area contributed by atoms with E-state index in [9.17, 15) is 0 Å². The first-order valence-corrected chi connectivity index (χ1v) is 6.31. The molecule has 0 radical (unpaired) electrons. The zero-order valence-corrected chi connectivity index (χ0v) is 9.22. The highest BCUT2D eigenvalue weighted by Gasteiger charge is 2.07. The van der Waals surface area contributed by atoms with E-state index in [1.165, 1.54) is 41.9 Å². The number of hydrogen-bond acceptors (Lipinski definition) is 1. The molecule has 2 rings (SSSR count). The van der Waals surface area contributed by atoms with Crippen LogP contribution in [-0.2, 0) is 0 Å². The van der Waals surface area contributed by atoms with Gasteiger partial charge in [-0.3, -0.25) is 0 Å². The van der Waals surface area contributed by atoms with Gasteiger partial charge in [-0.2, -0.15) is 0 Å². The Morgan fingerprint density at radius 1 is 1.00 bits per heavy atom. The van der Waals surface area contributed by atoms with Crippen molar-refractivity contribution in [3.63, 3.8) is 0 Å². The van der Waals surface area contributed by atoms with Crippen molar-refractivity contribution in [1.29, 1.82) is 0 Å². The molecule has 0 unspecified atom stereocenters. The van der Waals surface area contributed by atoms with E-state index >= 15 is 0 Å². The molecular weight excluding hydrogens is 188 g/mol. The minimum absolute atomic E-state index is 1.20. The second-order valence-corrected chi connectivity index (χ2v) is 4.75. The van der Waals surface area contributed by atoms with Crippen molar-refractivity contribution in [3.05, 3.63) is 46.9 Å². The summed E-state index contributed by atoms with van der Waals surface area (Å²) in [6, 6.07) is 0. The van der Waals surface area contributed by atoms with Gasteiger partial charge in [-0.1, -0.05) is 30.4 Å². The SMILES string of the molecule is C1=CCCCC(C2=CC=CCCS2)=C1. The number of hydrogen-bond donors (Lipinski definition) is 0. The summed E-state index contributed by atoms with van der Waals surface area (Å²) >= 11 is 2.00. The molecule has 1 heterocycles. The zero-order chi connectivity index (χ0) is 9.64. The summed E-state index contributed by atoms with van der Waals surface area (Å²) in [5.74, 6) is 1.23. The topological polar surface area (TPSA) is 0 Å². The van der Waals surface area contributed by atoms with Crippen LogP contribution in [0.5, 0.6) is 0 Å². The highest BCUT2D eigenvalue weighted by atomic mass is 32.2. The predicted molar refractivity (Wildman–Crippen MR) is 65.4 cm³/mol. The Hall–Kier alpha value is -0.690. The van der Waals surface area contributed by atoms with Crippen LogP contribution in [0.4, 0.5) is 0 Å². The maximum absolute atomic E-state index is 2.28. The number of rotatable bonds is 1. The second-order valence-electron chi connectivity index (χ2n) is 3.61. The molecule has 0 aromatic rings. The van der Waals surface area contributed by atoms with Crippen molar-refractivity contribution in [2.24, 2.45) is 0 Å². The quantitative estimate of drug-likeness (QED) is 0.616. The van der Waals surface area contributed by atoms with Crippen LogP contribution in [0.1, 0.15) is 25.7 Å². The van der Waals surface area contributed by atoms with E-state index < -0.39 is 0 Å². The van der Waals surface area contributed by atoms with Gasteiger partial charge in [0.15, 0.2) is 0 Å². The Labute approximate surface area is 90.5 Å². The molecule has 14 heavy (non-hydrogen) atoms. The lowest BCUT2D eigenvalue weighted by molar-refractivity contribution is 0.853. The van der Waals surface area contributed by atoms with E-state index in [-0.39, 0.29) is 0 Å². The summed E-state index contributed by atoms with van der Waals surface area (Å²) < 4.78 is 0. The first-order chi connectivity index (χ1) is 6.97. The lowest BCUT2D eigenvalue weighted by Crippen LogP contribution is -1.86. The van der Waals surface area contributed by atoms with E-state index in [1.807, 2.05) is 11.8 Å². The third kappa shape index (κ3) is 2.65. The van der Waals surface area contributed by atoms with Crippen LogP contribution < -0.4 is 0 Å². The monoisotopic (exact) mass is 204 g/mol. The predicted octanol–water partition coefficient (Wildman–Crippen LogP) is 4.23. The van der Waals surface area contributed by atoms with Gasteiger partial charge in [0.25, 0.3) is 0 Å². The number of allylic oxidation sites excluding steroid dienone is 7. The van der Waals surface area contributed by atoms with E-state index in [4.69, 9.17) is 0 Å². The van der Waals surface area contributed by atoms with Crippen LogP contribution >= 0.6 is 11.8 Å². The fourth-order valence-electron chi connectivity index (χ4n) is 1.72. The fourth-order valence-corrected chi connectivity index (χ4v) is 2.72. The highest BCUT2D eigenvalue weighted by molar-refractivity contribution is 8.03. The molecule has 1 aliphatic heterocycles. The molecule has 0 fully saturated rings. The van der Waals surface area contributed by atoms with E-state index in [1.54, 1.807) is 0 Å². The third-order valence-electron chi connectivity index (χ3n) is 2.49.